The number of aliphatic imine (C=N–C) groups is 1. The summed E-state index contributed by atoms with van der Waals surface area (Å²) in [6.45, 7) is 2.44. The molecule has 0 unspecified atom stereocenters. The van der Waals surface area contributed by atoms with Crippen molar-refractivity contribution < 1.29 is 14.3 Å². The number of ether oxygens (including phenoxy) is 1. The number of carbonyl (C=O) groups excluding carboxylic acids is 2. The molecule has 1 N–H and O–H groups in total. The summed E-state index contributed by atoms with van der Waals surface area (Å²) in [6.07, 6.45) is 0.0618. The van der Waals surface area contributed by atoms with Crippen molar-refractivity contribution in [2.75, 3.05) is 19.0 Å². The van der Waals surface area contributed by atoms with Gasteiger partial charge in [-0.3, -0.25) is 14.5 Å². The molecule has 0 aromatic heterocycles. The van der Waals surface area contributed by atoms with Crippen LogP contribution in [0.4, 0.5) is 11.4 Å². The Kier molecular flexibility index (Phi) is 6.59. The number of halogens is 1. The van der Waals surface area contributed by atoms with Crippen molar-refractivity contribution in [2.45, 2.75) is 18.6 Å². The Hall–Kier alpha value is -2.51. The number of nitrogens with one attached hydrogen (secondary N) is 1. The van der Waals surface area contributed by atoms with Crippen LogP contribution in [0.25, 0.3) is 0 Å². The summed E-state index contributed by atoms with van der Waals surface area (Å²) in [5.41, 5.74) is 1.33. The SMILES string of the molecule is CCOc1cccc(NC(=O)C[C@H]2SC(=Nc3ccc(Cl)cc3)N(C)C2=O)c1. The topological polar surface area (TPSA) is 71.0 Å². The zero-order chi connectivity index (χ0) is 20.1. The minimum atomic E-state index is -0.508. The van der Waals surface area contributed by atoms with E-state index in [9.17, 15) is 9.59 Å². The highest BCUT2D eigenvalue weighted by Gasteiger charge is 2.37. The maximum absolute atomic E-state index is 12.5. The normalized spacial score (nSPS) is 17.8. The number of benzene rings is 2. The quantitative estimate of drug-likeness (QED) is 0.759. The van der Waals surface area contributed by atoms with Gasteiger partial charge in [-0.15, -0.1) is 0 Å². The number of anilines is 1. The summed E-state index contributed by atoms with van der Waals surface area (Å²) in [6, 6.07) is 14.2. The third kappa shape index (κ3) is 5.05. The molecule has 2 aromatic rings. The zero-order valence-electron chi connectivity index (χ0n) is 15.5. The molecule has 6 nitrogen and oxygen atoms in total. The van der Waals surface area contributed by atoms with Gasteiger partial charge in [0, 0.05) is 30.2 Å². The number of hydrogen-bond donors (Lipinski definition) is 1. The van der Waals surface area contributed by atoms with Gasteiger partial charge in [-0.05, 0) is 43.3 Å². The highest BCUT2D eigenvalue weighted by molar-refractivity contribution is 8.15. The lowest BCUT2D eigenvalue weighted by Gasteiger charge is -2.10. The van der Waals surface area contributed by atoms with E-state index in [0.29, 0.717) is 33.9 Å². The Morgan fingerprint density at radius 2 is 2.04 bits per heavy atom. The maximum atomic E-state index is 12.5. The van der Waals surface area contributed by atoms with Gasteiger partial charge < -0.3 is 10.1 Å². The number of amides is 2. The number of amidine groups is 1. The molecule has 1 aliphatic heterocycles. The molecule has 0 saturated carbocycles. The number of rotatable bonds is 6. The first-order valence-corrected chi connectivity index (χ1v) is 10.0. The second-order valence-electron chi connectivity index (χ2n) is 6.09. The van der Waals surface area contributed by atoms with Crippen molar-refractivity contribution in [1.29, 1.82) is 0 Å². The summed E-state index contributed by atoms with van der Waals surface area (Å²) in [5, 5.41) is 3.49. The van der Waals surface area contributed by atoms with Gasteiger partial charge in [-0.1, -0.05) is 29.4 Å². The van der Waals surface area contributed by atoms with Crippen molar-refractivity contribution in [3.8, 4) is 5.75 Å². The van der Waals surface area contributed by atoms with Crippen LogP contribution in [0.5, 0.6) is 5.75 Å². The fraction of sp³-hybridized carbons (Fsp3) is 0.250. The van der Waals surface area contributed by atoms with Gasteiger partial charge >= 0.3 is 0 Å². The first kappa shape index (κ1) is 20.2. The predicted molar refractivity (Wildman–Crippen MR) is 114 cm³/mol. The molecule has 0 aliphatic carbocycles. The zero-order valence-corrected chi connectivity index (χ0v) is 17.1. The predicted octanol–water partition coefficient (Wildman–Crippen LogP) is 4.33. The molecule has 0 bridgehead atoms. The third-order valence-corrected chi connectivity index (χ3v) is 5.47. The average Bonchev–Trinajstić information content (AvgIpc) is 2.92. The number of carbonyl (C=O) groups is 2. The molecule has 1 aliphatic rings. The molecule has 1 atom stereocenters. The van der Waals surface area contributed by atoms with Crippen LogP contribution >= 0.6 is 23.4 Å². The average molecular weight is 418 g/mol. The van der Waals surface area contributed by atoms with E-state index in [2.05, 4.69) is 10.3 Å². The molecule has 0 spiro atoms. The van der Waals surface area contributed by atoms with E-state index >= 15 is 0 Å². The molecular weight excluding hydrogens is 398 g/mol. The molecule has 28 heavy (non-hydrogen) atoms. The van der Waals surface area contributed by atoms with Crippen LogP contribution in [-0.2, 0) is 9.59 Å². The fourth-order valence-electron chi connectivity index (χ4n) is 2.63. The largest absolute Gasteiger partial charge is 0.494 e. The molecule has 2 amide bonds. The first-order valence-electron chi connectivity index (χ1n) is 8.77. The van der Waals surface area contributed by atoms with E-state index < -0.39 is 5.25 Å². The van der Waals surface area contributed by atoms with Crippen LogP contribution in [0.3, 0.4) is 0 Å². The summed E-state index contributed by atoms with van der Waals surface area (Å²) in [5.74, 6) is 0.306. The van der Waals surface area contributed by atoms with Crippen LogP contribution < -0.4 is 10.1 Å². The van der Waals surface area contributed by atoms with Crippen molar-refractivity contribution in [3.63, 3.8) is 0 Å². The van der Waals surface area contributed by atoms with Gasteiger partial charge in [-0.25, -0.2) is 4.99 Å². The Morgan fingerprint density at radius 3 is 2.75 bits per heavy atom. The minimum Gasteiger partial charge on any atom is -0.494 e. The van der Waals surface area contributed by atoms with E-state index in [-0.39, 0.29) is 18.2 Å². The molecule has 8 heteroatoms. The van der Waals surface area contributed by atoms with Crippen molar-refractivity contribution in [1.82, 2.24) is 4.90 Å². The summed E-state index contributed by atoms with van der Waals surface area (Å²) in [7, 11) is 1.66. The number of nitrogens with zero attached hydrogens (tertiary/aromatic N) is 2. The summed E-state index contributed by atoms with van der Waals surface area (Å²) < 4.78 is 5.43. The smallest absolute Gasteiger partial charge is 0.242 e. The number of hydrogen-bond acceptors (Lipinski definition) is 5. The van der Waals surface area contributed by atoms with Crippen LogP contribution in [0, 0.1) is 0 Å². The molecule has 1 saturated heterocycles. The fourth-order valence-corrected chi connectivity index (χ4v) is 3.91. The Balaban J connectivity index is 1.64. The van der Waals surface area contributed by atoms with E-state index in [1.807, 2.05) is 13.0 Å². The van der Waals surface area contributed by atoms with E-state index in [1.54, 1.807) is 49.5 Å². The molecule has 1 fully saturated rings. The van der Waals surface area contributed by atoms with Crippen LogP contribution in [0.2, 0.25) is 5.02 Å². The lowest BCUT2D eigenvalue weighted by atomic mass is 10.2. The van der Waals surface area contributed by atoms with Gasteiger partial charge in [0.05, 0.1) is 12.3 Å². The third-order valence-electron chi connectivity index (χ3n) is 3.99. The highest BCUT2D eigenvalue weighted by Crippen LogP contribution is 2.31. The van der Waals surface area contributed by atoms with Crippen molar-refractivity contribution in [2.24, 2.45) is 4.99 Å². The van der Waals surface area contributed by atoms with Crippen molar-refractivity contribution in [3.05, 3.63) is 53.6 Å². The van der Waals surface area contributed by atoms with Crippen LogP contribution in [0.15, 0.2) is 53.5 Å². The molecular formula is C20H20ClN3O3S. The molecule has 146 valence electrons. The summed E-state index contributed by atoms with van der Waals surface area (Å²) >= 11 is 7.17. The van der Waals surface area contributed by atoms with Gasteiger partial charge in [-0.2, -0.15) is 0 Å². The Labute approximate surface area is 172 Å². The minimum absolute atomic E-state index is 0.0618. The second kappa shape index (κ2) is 9.12. The first-order chi connectivity index (χ1) is 13.5. The monoisotopic (exact) mass is 417 g/mol. The second-order valence-corrected chi connectivity index (χ2v) is 7.69. The van der Waals surface area contributed by atoms with Crippen molar-refractivity contribution >= 4 is 51.7 Å². The molecule has 1 heterocycles. The van der Waals surface area contributed by atoms with Gasteiger partial charge in [0.25, 0.3) is 0 Å². The lowest BCUT2D eigenvalue weighted by molar-refractivity contribution is -0.127. The van der Waals surface area contributed by atoms with Crippen LogP contribution in [-0.4, -0.2) is 40.8 Å². The Bertz CT molecular complexity index is 902. The van der Waals surface area contributed by atoms with Crippen LogP contribution in [0.1, 0.15) is 13.3 Å². The van der Waals surface area contributed by atoms with Gasteiger partial charge in [0.2, 0.25) is 11.8 Å². The van der Waals surface area contributed by atoms with Gasteiger partial charge in [0.15, 0.2) is 5.17 Å². The Morgan fingerprint density at radius 1 is 1.29 bits per heavy atom. The standard InChI is InChI=1S/C20H20ClN3O3S/c1-3-27-16-6-4-5-15(11-16)22-18(25)12-17-19(26)24(2)20(28-17)23-14-9-7-13(21)8-10-14/h4-11,17H,3,12H2,1-2H3,(H,22,25)/t17-/m1/s1. The summed E-state index contributed by atoms with van der Waals surface area (Å²) in [4.78, 5) is 30.9. The van der Waals surface area contributed by atoms with E-state index in [1.165, 1.54) is 16.7 Å². The molecule has 3 rings (SSSR count). The highest BCUT2D eigenvalue weighted by atomic mass is 35.5. The molecule has 2 aromatic carbocycles. The number of thioether (sulfide) groups is 1. The van der Waals surface area contributed by atoms with Gasteiger partial charge in [0.1, 0.15) is 11.0 Å². The maximum Gasteiger partial charge on any atom is 0.242 e. The van der Waals surface area contributed by atoms with E-state index in [0.717, 1.165) is 0 Å². The lowest BCUT2D eigenvalue weighted by Crippen LogP contribution is -2.30. The van der Waals surface area contributed by atoms with E-state index in [4.69, 9.17) is 16.3 Å². The molecule has 0 radical (unpaired) electrons.